The van der Waals surface area contributed by atoms with Crippen LogP contribution in [-0.4, -0.2) is 184 Å². The molecule has 22 heteroatoms. The molecular weight excluding hydrogens is 772 g/mol. The Morgan fingerprint density at radius 1 is 0.702 bits per heavy atom. The number of aromatic hydroxyl groups is 4. The predicted molar refractivity (Wildman–Crippen MR) is 179 cm³/mol. The van der Waals surface area contributed by atoms with E-state index in [-0.39, 0.29) is 11.3 Å². The zero-order valence-corrected chi connectivity index (χ0v) is 30.1. The van der Waals surface area contributed by atoms with Gasteiger partial charge in [-0.15, -0.1) is 0 Å². The van der Waals surface area contributed by atoms with E-state index >= 15 is 0 Å². The molecule has 17 atom stereocenters. The molecule has 6 rings (SSSR count). The molecule has 2 aromatic carbocycles. The third kappa shape index (κ3) is 8.46. The van der Waals surface area contributed by atoms with Crippen LogP contribution in [0, 0.1) is 0 Å². The molecule has 0 spiro atoms. The summed E-state index contributed by atoms with van der Waals surface area (Å²) in [5, 5.41) is 125. The van der Waals surface area contributed by atoms with Gasteiger partial charge < -0.3 is 99.2 Å². The van der Waals surface area contributed by atoms with Crippen LogP contribution >= 0.6 is 0 Å². The fourth-order valence-electron chi connectivity index (χ4n) is 6.97. The third-order valence-electron chi connectivity index (χ3n) is 9.99. The highest BCUT2D eigenvalue weighted by molar-refractivity contribution is 6.05. The van der Waals surface area contributed by atoms with Crippen LogP contribution in [0.25, 0.3) is 0 Å². The Kier molecular flexibility index (Phi) is 12.8. The van der Waals surface area contributed by atoms with E-state index in [9.17, 15) is 70.9 Å². The van der Waals surface area contributed by atoms with Crippen molar-refractivity contribution in [1.82, 2.24) is 0 Å². The van der Waals surface area contributed by atoms with Crippen LogP contribution in [0.1, 0.15) is 35.9 Å². The summed E-state index contributed by atoms with van der Waals surface area (Å²) >= 11 is 0. The first-order valence-electron chi connectivity index (χ1n) is 17.6. The molecule has 316 valence electrons. The number of benzene rings is 2. The Bertz CT molecular complexity index is 1760. The van der Waals surface area contributed by atoms with Gasteiger partial charge in [0.15, 0.2) is 48.7 Å². The number of carbonyl (C=O) groups excluding carboxylic acids is 2. The first-order valence-corrected chi connectivity index (χ1v) is 17.6. The van der Waals surface area contributed by atoms with Crippen LogP contribution in [-0.2, 0) is 38.0 Å². The Morgan fingerprint density at radius 2 is 1.33 bits per heavy atom. The van der Waals surface area contributed by atoms with E-state index in [4.69, 9.17) is 37.9 Å². The van der Waals surface area contributed by atoms with Crippen LogP contribution in [0.15, 0.2) is 30.3 Å². The molecule has 0 amide bonds. The fourth-order valence-corrected chi connectivity index (χ4v) is 6.97. The van der Waals surface area contributed by atoms with Gasteiger partial charge in [0.25, 0.3) is 0 Å². The average Bonchev–Trinajstić information content (AvgIpc) is 3.15. The lowest BCUT2D eigenvalue weighted by atomic mass is 9.92. The second kappa shape index (κ2) is 17.1. The number of hydrogen-bond acceptors (Lipinski definition) is 22. The maximum atomic E-state index is 13.9. The zero-order valence-electron chi connectivity index (χ0n) is 30.1. The van der Waals surface area contributed by atoms with Crippen molar-refractivity contribution in [2.24, 2.45) is 0 Å². The quantitative estimate of drug-likeness (QED) is 0.0809. The van der Waals surface area contributed by atoms with Gasteiger partial charge in [-0.05, 0) is 24.6 Å². The van der Waals surface area contributed by atoms with Crippen LogP contribution in [0.3, 0.4) is 0 Å². The minimum atomic E-state index is -2.04. The summed E-state index contributed by atoms with van der Waals surface area (Å²) < 4.78 is 45.4. The first kappa shape index (κ1) is 42.6. The molecule has 0 aromatic heterocycles. The summed E-state index contributed by atoms with van der Waals surface area (Å²) in [6.07, 6.45) is -29.2. The number of fused-ring (bicyclic) bond motifs is 1. The average molecular weight is 817 g/mol. The summed E-state index contributed by atoms with van der Waals surface area (Å²) in [6.45, 7) is 0.926. The van der Waals surface area contributed by atoms with Crippen molar-refractivity contribution in [2.75, 3.05) is 13.2 Å². The van der Waals surface area contributed by atoms with E-state index in [2.05, 4.69) is 0 Å². The number of phenolic OH excluding ortho intramolecular Hbond substituents is 4. The highest BCUT2D eigenvalue weighted by atomic mass is 16.8. The lowest BCUT2D eigenvalue weighted by Gasteiger charge is -2.47. The molecule has 2 unspecified atom stereocenters. The fraction of sp³-hybridized carbons (Fsp3) is 0.600. The minimum Gasteiger partial charge on any atom is -0.508 e. The van der Waals surface area contributed by atoms with Crippen LogP contribution < -0.4 is 4.74 Å². The zero-order chi connectivity index (χ0) is 41.6. The molecule has 0 saturated carbocycles. The highest BCUT2D eigenvalue weighted by Gasteiger charge is 2.53. The van der Waals surface area contributed by atoms with E-state index < -0.39 is 158 Å². The van der Waals surface area contributed by atoms with Gasteiger partial charge in [-0.1, -0.05) is 6.07 Å². The van der Waals surface area contributed by atoms with E-state index in [0.29, 0.717) is 0 Å². The van der Waals surface area contributed by atoms with Gasteiger partial charge in [0.1, 0.15) is 83.9 Å². The molecule has 4 heterocycles. The molecule has 0 bridgehead atoms. The van der Waals surface area contributed by atoms with Crippen molar-refractivity contribution in [3.05, 3.63) is 41.5 Å². The number of phenols is 4. The Balaban J connectivity index is 1.21. The van der Waals surface area contributed by atoms with Crippen molar-refractivity contribution >= 4 is 11.8 Å². The van der Waals surface area contributed by atoms with Gasteiger partial charge in [-0.25, -0.2) is 0 Å². The van der Waals surface area contributed by atoms with Crippen LogP contribution in [0.2, 0.25) is 0 Å². The minimum absolute atomic E-state index is 0.0352. The summed E-state index contributed by atoms with van der Waals surface area (Å²) in [5.74, 6) is -4.37. The highest BCUT2D eigenvalue weighted by Crippen LogP contribution is 2.45. The summed E-state index contributed by atoms with van der Waals surface area (Å²) in [6, 6.07) is 5.29. The molecule has 12 N–H and O–H groups in total. The SMILES string of the molecule is CC(=O)O[C@@H]1[C@@H](O[C@@H]2O[C@H](CO)[C@@H](O)[C@H](O)[C@H]2O)[C@@H](O)[C@H](OC[C@H]2O[C@@H](OC3C(=O)c4c(O)cc(O)cc4OC3c3ccc(O)c(O)c3)[C@H](O)[C@@H](O)[C@H]2O)O[C@H]1C. The maximum Gasteiger partial charge on any atom is 0.303 e. The molecule has 22 nitrogen and oxygen atoms in total. The smallest absolute Gasteiger partial charge is 0.303 e. The number of ketones is 1. The molecule has 2 aromatic rings. The van der Waals surface area contributed by atoms with Crippen molar-refractivity contribution in [3.8, 4) is 28.7 Å². The van der Waals surface area contributed by atoms with E-state index in [1.165, 1.54) is 13.0 Å². The van der Waals surface area contributed by atoms with Crippen molar-refractivity contribution in [1.29, 1.82) is 0 Å². The lowest BCUT2D eigenvalue weighted by Crippen LogP contribution is -2.65. The normalized spacial score (nSPS) is 39.5. The second-order valence-electron chi connectivity index (χ2n) is 14.0. The molecule has 57 heavy (non-hydrogen) atoms. The number of carbonyl (C=O) groups is 2. The van der Waals surface area contributed by atoms with Crippen LogP contribution in [0.4, 0.5) is 0 Å². The topological polar surface area (TPSA) is 351 Å². The molecule has 0 aliphatic carbocycles. The summed E-state index contributed by atoms with van der Waals surface area (Å²) in [4.78, 5) is 25.8. The number of Topliss-reactive ketones (excluding diaryl/α,β-unsaturated/α-hetero) is 1. The molecule has 3 saturated heterocycles. The molecular formula is C35H44O22. The number of hydrogen-bond donors (Lipinski definition) is 12. The van der Waals surface area contributed by atoms with Gasteiger partial charge in [-0.3, -0.25) is 9.59 Å². The molecule has 4 aliphatic rings. The second-order valence-corrected chi connectivity index (χ2v) is 14.0. The number of rotatable bonds is 10. The number of aliphatic hydroxyl groups excluding tert-OH is 8. The van der Waals surface area contributed by atoms with Crippen molar-refractivity contribution in [3.63, 3.8) is 0 Å². The van der Waals surface area contributed by atoms with E-state index in [0.717, 1.165) is 31.2 Å². The van der Waals surface area contributed by atoms with Gasteiger partial charge in [0.2, 0.25) is 5.78 Å². The molecule has 3 fully saturated rings. The predicted octanol–water partition coefficient (Wildman–Crippen LogP) is -3.74. The standard InChI is InChI=1S/C35H44O22/c1-10-29(52-11(2)37)32(57-34-26(47)24(45)21(42)18(8-36)54-34)28(49)33(51-10)50-9-19-22(43)25(46)27(48)35(55-19)56-31-23(44)20-16(41)6-13(38)7-17(20)53-30(31)12-3-4-14(39)15(40)5-12/h3-7,10,18-19,21-22,24-36,38-43,45-49H,8-9H2,1-2H3/t10-,18+,19+,21+,22-,24-,25-,26+,27+,28+,29-,30?,31?,32-,33+,34-,35-/m0/s1. The maximum absolute atomic E-state index is 13.9. The number of ether oxygens (including phenoxy) is 8. The van der Waals surface area contributed by atoms with Gasteiger partial charge >= 0.3 is 5.97 Å². The largest absolute Gasteiger partial charge is 0.508 e. The monoisotopic (exact) mass is 816 g/mol. The Labute approximate surface area is 322 Å². The van der Waals surface area contributed by atoms with Gasteiger partial charge in [0, 0.05) is 19.1 Å². The Hall–Kier alpha value is -3.98. The lowest BCUT2D eigenvalue weighted by molar-refractivity contribution is -0.363. The molecule has 4 aliphatic heterocycles. The number of esters is 1. The van der Waals surface area contributed by atoms with Crippen LogP contribution in [0.5, 0.6) is 28.7 Å². The van der Waals surface area contributed by atoms with Gasteiger partial charge in [-0.2, -0.15) is 0 Å². The first-order chi connectivity index (χ1) is 26.9. The van der Waals surface area contributed by atoms with E-state index in [1.807, 2.05) is 0 Å². The van der Waals surface area contributed by atoms with Crippen molar-refractivity contribution < 1.29 is 109 Å². The Morgan fingerprint density at radius 3 is 1.96 bits per heavy atom. The van der Waals surface area contributed by atoms with Gasteiger partial charge in [0.05, 0.1) is 19.3 Å². The summed E-state index contributed by atoms with van der Waals surface area (Å²) in [5.41, 5.74) is -0.402. The van der Waals surface area contributed by atoms with E-state index in [1.54, 1.807) is 0 Å². The van der Waals surface area contributed by atoms with Crippen molar-refractivity contribution in [2.45, 2.75) is 118 Å². The number of aliphatic hydroxyl groups is 8. The third-order valence-corrected chi connectivity index (χ3v) is 9.99. The molecule has 0 radical (unpaired) electrons. The summed E-state index contributed by atoms with van der Waals surface area (Å²) in [7, 11) is 0.